The van der Waals surface area contributed by atoms with Crippen molar-refractivity contribution in [1.29, 1.82) is 0 Å². The molecule has 2 atom stereocenters. The van der Waals surface area contributed by atoms with E-state index in [1.165, 1.54) is 35.0 Å². The van der Waals surface area contributed by atoms with Gasteiger partial charge in [0.25, 0.3) is 5.91 Å². The van der Waals surface area contributed by atoms with Crippen molar-refractivity contribution in [2.24, 2.45) is 11.8 Å². The van der Waals surface area contributed by atoms with Gasteiger partial charge in [0.2, 0.25) is 5.60 Å². The summed E-state index contributed by atoms with van der Waals surface area (Å²) in [6.07, 6.45) is -2.18. The first-order valence-electron chi connectivity index (χ1n) is 14.2. The number of carbonyl (C=O) groups excluding carboxylic acids is 1. The maximum absolute atomic E-state index is 14.3. The number of carbonyl (C=O) groups is 1. The second kappa shape index (κ2) is 11.4. The van der Waals surface area contributed by atoms with Crippen molar-refractivity contribution in [3.05, 3.63) is 58.2 Å². The quantitative estimate of drug-likeness (QED) is 0.330. The van der Waals surface area contributed by atoms with E-state index in [2.05, 4.69) is 9.88 Å². The van der Waals surface area contributed by atoms with Gasteiger partial charge in [-0.25, -0.2) is 4.98 Å². The Hall–Kier alpha value is -2.40. The highest BCUT2D eigenvalue weighted by Gasteiger charge is 2.62. The molecule has 11 heteroatoms. The number of aliphatic hydroxyl groups is 2. The first-order chi connectivity index (χ1) is 19.3. The fourth-order valence-corrected chi connectivity index (χ4v) is 6.58. The SMILES string of the molecule is CN(C)C(=O)c1ccc(N2CCC(C3CC(N(C)C(O)[C@](O)(c4cccc(C5CC5)c4)C(F)(F)F)C3)CC2)nc1Cl. The number of alkyl halides is 3. The van der Waals surface area contributed by atoms with E-state index in [1.54, 1.807) is 32.3 Å². The van der Waals surface area contributed by atoms with Gasteiger partial charge < -0.3 is 20.0 Å². The van der Waals surface area contributed by atoms with E-state index in [-0.39, 0.29) is 28.6 Å². The van der Waals surface area contributed by atoms with Gasteiger partial charge in [0.05, 0.1) is 5.56 Å². The molecule has 1 aromatic heterocycles. The molecular weight excluding hydrogens is 557 g/mol. The Morgan fingerprint density at radius 1 is 1.05 bits per heavy atom. The van der Waals surface area contributed by atoms with Crippen molar-refractivity contribution >= 4 is 23.3 Å². The second-order valence-corrected chi connectivity index (χ2v) is 12.5. The number of aliphatic hydroxyl groups excluding tert-OH is 1. The summed E-state index contributed by atoms with van der Waals surface area (Å²) in [6, 6.07) is 9.21. The predicted molar refractivity (Wildman–Crippen MR) is 151 cm³/mol. The lowest BCUT2D eigenvalue weighted by atomic mass is 9.68. The molecule has 5 rings (SSSR count). The molecule has 0 spiro atoms. The lowest BCUT2D eigenvalue weighted by molar-refractivity contribution is -0.322. The topological polar surface area (TPSA) is 80.1 Å². The van der Waals surface area contributed by atoms with Crippen LogP contribution in [0.25, 0.3) is 0 Å². The van der Waals surface area contributed by atoms with E-state index in [1.807, 2.05) is 0 Å². The largest absolute Gasteiger partial charge is 0.425 e. The minimum atomic E-state index is -5.05. The first-order valence-corrected chi connectivity index (χ1v) is 14.6. The number of nitrogens with zero attached hydrogens (tertiary/aromatic N) is 4. The standard InChI is InChI=1S/C30H38ClF3N4O3/c1-36(2)27(39)24-9-10-25(35-26(24)31)38-13-11-19(12-14-38)21-16-23(17-21)37(3)28(40)29(41,30(32,33)34)22-6-4-5-20(15-22)18-7-8-18/h4-6,9-10,15,18-19,21,23,28,40-41H,7-8,11-14,16-17H2,1-3H3/t21?,23?,28?,29-/m1/s1. The van der Waals surface area contributed by atoms with Crippen LogP contribution in [0, 0.1) is 11.8 Å². The molecule has 2 heterocycles. The van der Waals surface area contributed by atoms with Crippen LogP contribution in [0.5, 0.6) is 0 Å². The molecule has 7 nitrogen and oxygen atoms in total. The van der Waals surface area contributed by atoms with Crippen molar-refractivity contribution in [3.63, 3.8) is 0 Å². The maximum atomic E-state index is 14.3. The lowest BCUT2D eigenvalue weighted by Crippen LogP contribution is -2.61. The summed E-state index contributed by atoms with van der Waals surface area (Å²) in [4.78, 5) is 21.6. The van der Waals surface area contributed by atoms with Crippen molar-refractivity contribution in [2.75, 3.05) is 39.1 Å². The van der Waals surface area contributed by atoms with Gasteiger partial charge in [-0.15, -0.1) is 0 Å². The Morgan fingerprint density at radius 2 is 1.71 bits per heavy atom. The van der Waals surface area contributed by atoms with Gasteiger partial charge in [0.1, 0.15) is 17.2 Å². The number of aromatic nitrogens is 1. The number of pyridine rings is 1. The Balaban J connectivity index is 1.18. The third-order valence-electron chi connectivity index (χ3n) is 9.29. The second-order valence-electron chi connectivity index (χ2n) is 12.1. The van der Waals surface area contributed by atoms with Crippen LogP contribution in [-0.2, 0) is 5.60 Å². The smallest absolute Gasteiger partial charge is 0.375 e. The van der Waals surface area contributed by atoms with E-state index in [9.17, 15) is 28.2 Å². The predicted octanol–water partition coefficient (Wildman–Crippen LogP) is 5.01. The number of amides is 1. The third kappa shape index (κ3) is 5.81. The van der Waals surface area contributed by atoms with Gasteiger partial charge in [0.15, 0.2) is 0 Å². The molecule has 1 unspecified atom stereocenters. The van der Waals surface area contributed by atoms with Gasteiger partial charge >= 0.3 is 6.18 Å². The van der Waals surface area contributed by atoms with Crippen LogP contribution >= 0.6 is 11.6 Å². The molecule has 1 aliphatic heterocycles. The van der Waals surface area contributed by atoms with E-state index in [4.69, 9.17) is 11.6 Å². The van der Waals surface area contributed by atoms with E-state index in [0.717, 1.165) is 50.2 Å². The van der Waals surface area contributed by atoms with Crippen molar-refractivity contribution in [3.8, 4) is 0 Å². The molecule has 2 aliphatic carbocycles. The molecule has 41 heavy (non-hydrogen) atoms. The number of benzene rings is 1. The number of hydrogen-bond acceptors (Lipinski definition) is 6. The molecule has 2 aromatic rings. The number of piperidine rings is 1. The van der Waals surface area contributed by atoms with Crippen LogP contribution in [0.2, 0.25) is 5.15 Å². The monoisotopic (exact) mass is 594 g/mol. The number of rotatable bonds is 8. The summed E-state index contributed by atoms with van der Waals surface area (Å²) < 4.78 is 43.0. The Morgan fingerprint density at radius 3 is 2.27 bits per heavy atom. The molecule has 3 aliphatic rings. The fourth-order valence-electron chi connectivity index (χ4n) is 6.35. The van der Waals surface area contributed by atoms with Gasteiger partial charge in [-0.1, -0.05) is 35.9 Å². The Bertz CT molecular complexity index is 1260. The van der Waals surface area contributed by atoms with Gasteiger partial charge in [-0.05, 0) is 86.6 Å². The van der Waals surface area contributed by atoms with Crippen molar-refractivity contribution in [2.45, 2.75) is 68.5 Å². The number of halogens is 4. The summed E-state index contributed by atoms with van der Waals surface area (Å²) in [5, 5.41) is 22.2. The van der Waals surface area contributed by atoms with E-state index < -0.39 is 18.0 Å². The average Bonchev–Trinajstić information content (AvgIpc) is 3.76. The highest BCUT2D eigenvalue weighted by atomic mass is 35.5. The highest BCUT2D eigenvalue weighted by Crippen LogP contribution is 2.48. The summed E-state index contributed by atoms with van der Waals surface area (Å²) in [7, 11) is 4.78. The lowest BCUT2D eigenvalue weighted by Gasteiger charge is -2.50. The Labute approximate surface area is 243 Å². The summed E-state index contributed by atoms with van der Waals surface area (Å²) in [5.74, 6) is 1.49. The Kier molecular flexibility index (Phi) is 8.33. The molecule has 1 aromatic carbocycles. The van der Waals surface area contributed by atoms with Gasteiger partial charge in [0, 0.05) is 33.2 Å². The molecule has 0 bridgehead atoms. The minimum Gasteiger partial charge on any atom is -0.375 e. The molecular formula is C30H38ClF3N4O3. The van der Waals surface area contributed by atoms with Crippen molar-refractivity contribution < 1.29 is 28.2 Å². The van der Waals surface area contributed by atoms with E-state index in [0.29, 0.717) is 30.2 Å². The number of hydrogen-bond donors (Lipinski definition) is 2. The van der Waals surface area contributed by atoms with E-state index >= 15 is 0 Å². The summed E-state index contributed by atoms with van der Waals surface area (Å²) in [6.45, 7) is 1.53. The number of anilines is 1. The zero-order valence-electron chi connectivity index (χ0n) is 23.6. The minimum absolute atomic E-state index is 0.171. The normalized spacial score (nSPS) is 24.1. The van der Waals surface area contributed by atoms with Crippen LogP contribution in [0.1, 0.15) is 65.9 Å². The third-order valence-corrected chi connectivity index (χ3v) is 9.58. The zero-order chi connectivity index (χ0) is 29.7. The first kappa shape index (κ1) is 30.1. The molecule has 2 saturated carbocycles. The average molecular weight is 595 g/mol. The molecule has 0 radical (unpaired) electrons. The zero-order valence-corrected chi connectivity index (χ0v) is 24.4. The van der Waals surface area contributed by atoms with Crippen molar-refractivity contribution in [1.82, 2.24) is 14.8 Å². The maximum Gasteiger partial charge on any atom is 0.425 e. The van der Waals surface area contributed by atoms with Crippen LogP contribution < -0.4 is 4.90 Å². The van der Waals surface area contributed by atoms with Gasteiger partial charge in [-0.2, -0.15) is 13.2 Å². The highest BCUT2D eigenvalue weighted by molar-refractivity contribution is 6.32. The number of likely N-dealkylation sites (N-methyl/N-ethyl adjacent to an activating group) is 1. The molecule has 1 saturated heterocycles. The van der Waals surface area contributed by atoms with Crippen LogP contribution in [0.4, 0.5) is 19.0 Å². The molecule has 2 N–H and O–H groups in total. The fraction of sp³-hybridized carbons (Fsp3) is 0.600. The molecule has 1 amide bonds. The van der Waals surface area contributed by atoms with Crippen LogP contribution in [0.15, 0.2) is 36.4 Å². The molecule has 3 fully saturated rings. The summed E-state index contributed by atoms with van der Waals surface area (Å²) >= 11 is 6.29. The molecule has 224 valence electrons. The van der Waals surface area contributed by atoms with Crippen LogP contribution in [0.3, 0.4) is 0 Å². The van der Waals surface area contributed by atoms with Gasteiger partial charge in [-0.3, -0.25) is 9.69 Å². The summed E-state index contributed by atoms with van der Waals surface area (Å²) in [5.41, 5.74) is -2.57. The van der Waals surface area contributed by atoms with Crippen LogP contribution in [-0.4, -0.2) is 83.6 Å².